The van der Waals surface area contributed by atoms with Gasteiger partial charge in [-0.1, -0.05) is 11.6 Å². The molecule has 3 nitrogen and oxygen atoms in total. The first-order chi connectivity index (χ1) is 8.58. The van der Waals surface area contributed by atoms with Gasteiger partial charge in [-0.05, 0) is 38.1 Å². The van der Waals surface area contributed by atoms with Gasteiger partial charge in [0.15, 0.2) is 0 Å². The smallest absolute Gasteiger partial charge is 0.123 e. The van der Waals surface area contributed by atoms with Gasteiger partial charge in [0.2, 0.25) is 0 Å². The Balaban J connectivity index is 2.18. The molecular weight excluding hydrogens is 233 g/mol. The van der Waals surface area contributed by atoms with Crippen molar-refractivity contribution in [3.8, 4) is 5.75 Å². The van der Waals surface area contributed by atoms with Crippen LogP contribution in [0, 0.1) is 5.82 Å². The summed E-state index contributed by atoms with van der Waals surface area (Å²) in [6.45, 7) is 5.43. The summed E-state index contributed by atoms with van der Waals surface area (Å²) in [5.74, 6) is 0.256. The van der Waals surface area contributed by atoms with Gasteiger partial charge in [0, 0.05) is 13.1 Å². The van der Waals surface area contributed by atoms with Gasteiger partial charge in [-0.25, -0.2) is 4.39 Å². The number of aliphatic hydroxyl groups excluding tert-OH is 1. The lowest BCUT2D eigenvalue weighted by Gasteiger charge is -2.12. The van der Waals surface area contributed by atoms with Crippen LogP contribution in [0.15, 0.2) is 35.9 Å². The van der Waals surface area contributed by atoms with Crippen LogP contribution in [0.1, 0.15) is 13.8 Å². The van der Waals surface area contributed by atoms with Crippen molar-refractivity contribution in [1.82, 2.24) is 5.32 Å². The van der Waals surface area contributed by atoms with E-state index in [9.17, 15) is 9.50 Å². The van der Waals surface area contributed by atoms with E-state index in [1.165, 1.54) is 17.7 Å². The molecule has 100 valence electrons. The summed E-state index contributed by atoms with van der Waals surface area (Å²) in [6.07, 6.45) is 1.47. The number of hydrogen-bond donors (Lipinski definition) is 2. The monoisotopic (exact) mass is 253 g/mol. The number of aliphatic hydroxyl groups is 1. The van der Waals surface area contributed by atoms with Crippen molar-refractivity contribution in [2.75, 3.05) is 19.7 Å². The second-order valence-corrected chi connectivity index (χ2v) is 4.36. The summed E-state index contributed by atoms with van der Waals surface area (Å²) in [5, 5.41) is 12.7. The van der Waals surface area contributed by atoms with Crippen LogP contribution >= 0.6 is 0 Å². The summed E-state index contributed by atoms with van der Waals surface area (Å²) < 4.78 is 18.0. The molecule has 0 bridgehead atoms. The molecule has 18 heavy (non-hydrogen) atoms. The lowest BCUT2D eigenvalue weighted by Crippen LogP contribution is -2.31. The summed E-state index contributed by atoms with van der Waals surface area (Å²) >= 11 is 0. The van der Waals surface area contributed by atoms with E-state index >= 15 is 0 Å². The van der Waals surface area contributed by atoms with Crippen LogP contribution in [0.2, 0.25) is 0 Å². The Morgan fingerprint density at radius 1 is 1.39 bits per heavy atom. The van der Waals surface area contributed by atoms with Crippen LogP contribution in [0.25, 0.3) is 0 Å². The summed E-state index contributed by atoms with van der Waals surface area (Å²) in [5.41, 5.74) is 1.24. The second kappa shape index (κ2) is 7.84. The zero-order chi connectivity index (χ0) is 13.4. The Kier molecular flexibility index (Phi) is 6.39. The van der Waals surface area contributed by atoms with E-state index in [1.54, 1.807) is 12.1 Å². The lowest BCUT2D eigenvalue weighted by atomic mass is 10.3. The largest absolute Gasteiger partial charge is 0.491 e. The molecule has 1 aromatic carbocycles. The quantitative estimate of drug-likeness (QED) is 0.578. The minimum absolute atomic E-state index is 0.188. The molecule has 4 heteroatoms. The molecule has 0 heterocycles. The van der Waals surface area contributed by atoms with Crippen LogP contribution in [-0.4, -0.2) is 30.9 Å². The standard InChI is InChI=1S/C14H20FNO2/c1-11(2)7-8-16-9-13(17)10-18-14-5-3-12(15)4-6-14/h3-7,13,16-17H,8-10H2,1-2H3. The minimum Gasteiger partial charge on any atom is -0.491 e. The van der Waals surface area contributed by atoms with Gasteiger partial charge in [-0.15, -0.1) is 0 Å². The van der Waals surface area contributed by atoms with Crippen molar-refractivity contribution in [3.05, 3.63) is 41.7 Å². The highest BCUT2D eigenvalue weighted by Gasteiger charge is 2.04. The Labute approximate surface area is 107 Å². The molecule has 0 aromatic heterocycles. The molecule has 1 unspecified atom stereocenters. The van der Waals surface area contributed by atoms with Gasteiger partial charge in [0.1, 0.15) is 24.3 Å². The van der Waals surface area contributed by atoms with Crippen LogP contribution in [0.3, 0.4) is 0 Å². The van der Waals surface area contributed by atoms with E-state index in [2.05, 4.69) is 5.32 Å². The molecule has 0 aliphatic carbocycles. The maximum atomic E-state index is 12.6. The number of halogens is 1. The maximum absolute atomic E-state index is 12.6. The zero-order valence-corrected chi connectivity index (χ0v) is 10.8. The van der Waals surface area contributed by atoms with Gasteiger partial charge in [0.05, 0.1) is 0 Å². The van der Waals surface area contributed by atoms with E-state index in [0.29, 0.717) is 12.3 Å². The average Bonchev–Trinajstić information content (AvgIpc) is 2.34. The van der Waals surface area contributed by atoms with Crippen molar-refractivity contribution in [3.63, 3.8) is 0 Å². The lowest BCUT2D eigenvalue weighted by molar-refractivity contribution is 0.107. The highest BCUT2D eigenvalue weighted by atomic mass is 19.1. The predicted molar refractivity (Wildman–Crippen MR) is 70.2 cm³/mol. The number of benzene rings is 1. The number of allylic oxidation sites excluding steroid dienone is 1. The fourth-order valence-electron chi connectivity index (χ4n) is 1.31. The van der Waals surface area contributed by atoms with Crippen LogP contribution in [-0.2, 0) is 0 Å². The first-order valence-corrected chi connectivity index (χ1v) is 5.98. The van der Waals surface area contributed by atoms with Crippen molar-refractivity contribution in [2.24, 2.45) is 0 Å². The van der Waals surface area contributed by atoms with E-state index in [-0.39, 0.29) is 12.4 Å². The molecule has 0 amide bonds. The number of hydrogen-bond acceptors (Lipinski definition) is 3. The predicted octanol–water partition coefficient (Wildman–Crippen LogP) is 2.12. The Morgan fingerprint density at radius 2 is 2.06 bits per heavy atom. The summed E-state index contributed by atoms with van der Waals surface area (Å²) in [7, 11) is 0. The third-order valence-corrected chi connectivity index (χ3v) is 2.29. The van der Waals surface area contributed by atoms with E-state index < -0.39 is 6.10 Å². The highest BCUT2D eigenvalue weighted by molar-refractivity contribution is 5.22. The number of nitrogens with one attached hydrogen (secondary N) is 1. The average molecular weight is 253 g/mol. The second-order valence-electron chi connectivity index (χ2n) is 4.36. The van der Waals surface area contributed by atoms with Gasteiger partial charge in [0.25, 0.3) is 0 Å². The molecule has 1 aromatic rings. The third-order valence-electron chi connectivity index (χ3n) is 2.29. The van der Waals surface area contributed by atoms with Crippen LogP contribution in [0.5, 0.6) is 5.75 Å². The third kappa shape index (κ3) is 6.37. The van der Waals surface area contributed by atoms with Crippen molar-refractivity contribution in [2.45, 2.75) is 20.0 Å². The fraction of sp³-hybridized carbons (Fsp3) is 0.429. The molecule has 1 rings (SSSR count). The highest BCUT2D eigenvalue weighted by Crippen LogP contribution is 2.11. The SMILES string of the molecule is CC(C)=CCNCC(O)COc1ccc(F)cc1. The van der Waals surface area contributed by atoms with Gasteiger partial charge >= 0.3 is 0 Å². The van der Waals surface area contributed by atoms with E-state index in [4.69, 9.17) is 4.74 Å². The maximum Gasteiger partial charge on any atom is 0.123 e. The van der Waals surface area contributed by atoms with Crippen molar-refractivity contribution in [1.29, 1.82) is 0 Å². The normalized spacial score (nSPS) is 12.0. The molecule has 0 radical (unpaired) electrons. The Morgan fingerprint density at radius 3 is 2.67 bits per heavy atom. The Bertz CT molecular complexity index is 372. The van der Waals surface area contributed by atoms with Crippen LogP contribution in [0.4, 0.5) is 4.39 Å². The molecule has 0 spiro atoms. The molecular formula is C14H20FNO2. The zero-order valence-electron chi connectivity index (χ0n) is 10.8. The number of ether oxygens (including phenoxy) is 1. The minimum atomic E-state index is -0.583. The van der Waals surface area contributed by atoms with Crippen molar-refractivity contribution < 1.29 is 14.2 Å². The van der Waals surface area contributed by atoms with Crippen molar-refractivity contribution >= 4 is 0 Å². The molecule has 2 N–H and O–H groups in total. The first kappa shape index (κ1) is 14.7. The molecule has 0 saturated heterocycles. The first-order valence-electron chi connectivity index (χ1n) is 5.98. The van der Waals surface area contributed by atoms with Crippen LogP contribution < -0.4 is 10.1 Å². The topological polar surface area (TPSA) is 41.5 Å². The van der Waals surface area contributed by atoms with E-state index in [1.807, 2.05) is 19.9 Å². The number of rotatable bonds is 7. The summed E-state index contributed by atoms with van der Waals surface area (Å²) in [6, 6.07) is 5.74. The van der Waals surface area contributed by atoms with Gasteiger partial charge in [-0.2, -0.15) is 0 Å². The Hall–Kier alpha value is -1.39. The molecule has 0 aliphatic rings. The van der Waals surface area contributed by atoms with Gasteiger partial charge in [-0.3, -0.25) is 0 Å². The summed E-state index contributed by atoms with van der Waals surface area (Å²) in [4.78, 5) is 0. The molecule has 0 fully saturated rings. The molecule has 0 saturated carbocycles. The van der Waals surface area contributed by atoms with Gasteiger partial charge < -0.3 is 15.2 Å². The molecule has 1 atom stereocenters. The molecule has 0 aliphatic heterocycles. The fourth-order valence-corrected chi connectivity index (χ4v) is 1.31. The van der Waals surface area contributed by atoms with E-state index in [0.717, 1.165) is 6.54 Å².